The minimum Gasteiger partial charge on any atom is -0.388 e. The van der Waals surface area contributed by atoms with Crippen molar-refractivity contribution in [2.45, 2.75) is 12.8 Å². The first-order valence-electron chi connectivity index (χ1n) is 4.27. The SMILES string of the molecule is CNc1ccc(CCC(N)=O)cc1. The topological polar surface area (TPSA) is 55.1 Å². The van der Waals surface area contributed by atoms with Crippen molar-refractivity contribution in [1.82, 2.24) is 0 Å². The first-order chi connectivity index (χ1) is 6.22. The maximum Gasteiger partial charge on any atom is 0.217 e. The predicted molar refractivity (Wildman–Crippen MR) is 53.5 cm³/mol. The van der Waals surface area contributed by atoms with E-state index in [1.807, 2.05) is 31.3 Å². The quantitative estimate of drug-likeness (QED) is 0.726. The fourth-order valence-corrected chi connectivity index (χ4v) is 1.11. The van der Waals surface area contributed by atoms with E-state index in [4.69, 9.17) is 5.73 Å². The van der Waals surface area contributed by atoms with E-state index in [2.05, 4.69) is 5.32 Å². The number of carbonyl (C=O) groups is 1. The van der Waals surface area contributed by atoms with Crippen LogP contribution in [0.2, 0.25) is 0 Å². The monoisotopic (exact) mass is 178 g/mol. The highest BCUT2D eigenvalue weighted by Gasteiger charge is 1.96. The van der Waals surface area contributed by atoms with E-state index in [-0.39, 0.29) is 5.91 Å². The Labute approximate surface area is 77.9 Å². The molecule has 0 heterocycles. The molecule has 1 rings (SSSR count). The Morgan fingerprint density at radius 2 is 2.00 bits per heavy atom. The second-order valence-electron chi connectivity index (χ2n) is 2.91. The van der Waals surface area contributed by atoms with Crippen LogP contribution in [0, 0.1) is 0 Å². The largest absolute Gasteiger partial charge is 0.388 e. The number of anilines is 1. The van der Waals surface area contributed by atoms with Gasteiger partial charge in [-0.2, -0.15) is 0 Å². The zero-order valence-electron chi connectivity index (χ0n) is 7.71. The number of amides is 1. The van der Waals surface area contributed by atoms with E-state index < -0.39 is 0 Å². The summed E-state index contributed by atoms with van der Waals surface area (Å²) in [5, 5.41) is 3.03. The Kier molecular flexibility index (Phi) is 3.31. The second-order valence-corrected chi connectivity index (χ2v) is 2.91. The summed E-state index contributed by atoms with van der Waals surface area (Å²) in [4.78, 5) is 10.5. The molecule has 1 amide bonds. The predicted octanol–water partition coefficient (Wildman–Crippen LogP) is 1.15. The zero-order valence-corrected chi connectivity index (χ0v) is 7.71. The molecule has 0 bridgehead atoms. The van der Waals surface area contributed by atoms with Gasteiger partial charge in [-0.1, -0.05) is 12.1 Å². The summed E-state index contributed by atoms with van der Waals surface area (Å²) < 4.78 is 0. The summed E-state index contributed by atoms with van der Waals surface area (Å²) >= 11 is 0. The Morgan fingerprint density at radius 3 is 2.46 bits per heavy atom. The molecule has 1 aromatic rings. The molecule has 3 heteroatoms. The third-order valence-corrected chi connectivity index (χ3v) is 1.90. The minimum atomic E-state index is -0.252. The summed E-state index contributed by atoms with van der Waals surface area (Å²) in [6, 6.07) is 7.95. The third kappa shape index (κ3) is 3.15. The summed E-state index contributed by atoms with van der Waals surface area (Å²) in [5.74, 6) is -0.252. The highest BCUT2D eigenvalue weighted by Crippen LogP contribution is 2.09. The van der Waals surface area contributed by atoms with Crippen molar-refractivity contribution in [3.63, 3.8) is 0 Å². The Hall–Kier alpha value is -1.51. The number of carbonyl (C=O) groups excluding carboxylic acids is 1. The highest BCUT2D eigenvalue weighted by atomic mass is 16.1. The van der Waals surface area contributed by atoms with Crippen LogP contribution in [0.15, 0.2) is 24.3 Å². The molecule has 0 aromatic heterocycles. The molecule has 0 spiro atoms. The molecule has 0 saturated heterocycles. The van der Waals surface area contributed by atoms with Gasteiger partial charge >= 0.3 is 0 Å². The van der Waals surface area contributed by atoms with E-state index in [1.165, 1.54) is 0 Å². The van der Waals surface area contributed by atoms with Crippen molar-refractivity contribution in [2.75, 3.05) is 12.4 Å². The first kappa shape index (κ1) is 9.58. The fourth-order valence-electron chi connectivity index (χ4n) is 1.11. The van der Waals surface area contributed by atoms with Gasteiger partial charge in [-0.15, -0.1) is 0 Å². The highest BCUT2D eigenvalue weighted by molar-refractivity contribution is 5.74. The van der Waals surface area contributed by atoms with Gasteiger partial charge in [0.15, 0.2) is 0 Å². The smallest absolute Gasteiger partial charge is 0.217 e. The lowest BCUT2D eigenvalue weighted by atomic mass is 10.1. The van der Waals surface area contributed by atoms with E-state index in [0.29, 0.717) is 6.42 Å². The molecule has 0 fully saturated rings. The maximum atomic E-state index is 10.5. The van der Waals surface area contributed by atoms with Crippen molar-refractivity contribution in [3.05, 3.63) is 29.8 Å². The molecule has 0 aliphatic carbocycles. The summed E-state index contributed by atoms with van der Waals surface area (Å²) in [7, 11) is 1.87. The number of aryl methyl sites for hydroxylation is 1. The molecule has 3 N–H and O–H groups in total. The molecule has 0 aliphatic heterocycles. The van der Waals surface area contributed by atoms with E-state index in [1.54, 1.807) is 0 Å². The molecule has 0 saturated carbocycles. The maximum absolute atomic E-state index is 10.5. The van der Waals surface area contributed by atoms with Crippen LogP contribution in [0.4, 0.5) is 5.69 Å². The molecule has 0 unspecified atom stereocenters. The van der Waals surface area contributed by atoms with Crippen LogP contribution in [0.5, 0.6) is 0 Å². The molecule has 0 radical (unpaired) electrons. The third-order valence-electron chi connectivity index (χ3n) is 1.90. The van der Waals surface area contributed by atoms with Crippen molar-refractivity contribution in [1.29, 1.82) is 0 Å². The number of nitrogens with two attached hydrogens (primary N) is 1. The van der Waals surface area contributed by atoms with Gasteiger partial charge in [0.1, 0.15) is 0 Å². The van der Waals surface area contributed by atoms with Crippen molar-refractivity contribution in [3.8, 4) is 0 Å². The lowest BCUT2D eigenvalue weighted by Crippen LogP contribution is -2.11. The number of nitrogens with one attached hydrogen (secondary N) is 1. The number of benzene rings is 1. The van der Waals surface area contributed by atoms with Gasteiger partial charge in [-0.05, 0) is 24.1 Å². The molecule has 0 aliphatic rings. The van der Waals surface area contributed by atoms with Gasteiger partial charge in [0.05, 0.1) is 0 Å². The van der Waals surface area contributed by atoms with E-state index in [9.17, 15) is 4.79 Å². The van der Waals surface area contributed by atoms with Gasteiger partial charge in [-0.3, -0.25) is 4.79 Å². The average molecular weight is 178 g/mol. The summed E-state index contributed by atoms with van der Waals surface area (Å²) in [6.45, 7) is 0. The second kappa shape index (κ2) is 4.50. The normalized spacial score (nSPS) is 9.62. The van der Waals surface area contributed by atoms with Crippen LogP contribution in [-0.2, 0) is 11.2 Å². The molecule has 13 heavy (non-hydrogen) atoms. The van der Waals surface area contributed by atoms with E-state index >= 15 is 0 Å². The number of hydrogen-bond donors (Lipinski definition) is 2. The first-order valence-corrected chi connectivity index (χ1v) is 4.27. The summed E-state index contributed by atoms with van der Waals surface area (Å²) in [6.07, 6.45) is 1.14. The Morgan fingerprint density at radius 1 is 1.38 bits per heavy atom. The lowest BCUT2D eigenvalue weighted by molar-refractivity contribution is -0.117. The van der Waals surface area contributed by atoms with Gasteiger partial charge in [0.2, 0.25) is 5.91 Å². The standard InChI is InChI=1S/C10H14N2O/c1-12-9-5-2-8(3-6-9)4-7-10(11)13/h2-3,5-6,12H,4,7H2,1H3,(H2,11,13). The molecule has 70 valence electrons. The van der Waals surface area contributed by atoms with Crippen LogP contribution in [0.3, 0.4) is 0 Å². The van der Waals surface area contributed by atoms with Crippen LogP contribution in [-0.4, -0.2) is 13.0 Å². The van der Waals surface area contributed by atoms with Crippen molar-refractivity contribution in [2.24, 2.45) is 5.73 Å². The minimum absolute atomic E-state index is 0.252. The van der Waals surface area contributed by atoms with Gasteiger partial charge in [0.25, 0.3) is 0 Å². The average Bonchev–Trinajstić information content (AvgIpc) is 2.15. The van der Waals surface area contributed by atoms with Gasteiger partial charge < -0.3 is 11.1 Å². The molecular formula is C10H14N2O. The molecular weight excluding hydrogens is 164 g/mol. The van der Waals surface area contributed by atoms with Gasteiger partial charge in [0, 0.05) is 19.2 Å². The number of rotatable bonds is 4. The number of hydrogen-bond acceptors (Lipinski definition) is 2. The Balaban J connectivity index is 2.54. The Bertz CT molecular complexity index is 279. The molecule has 0 atom stereocenters. The van der Waals surface area contributed by atoms with Crippen molar-refractivity contribution < 1.29 is 4.79 Å². The van der Waals surface area contributed by atoms with Crippen molar-refractivity contribution >= 4 is 11.6 Å². The van der Waals surface area contributed by atoms with Crippen LogP contribution in [0.1, 0.15) is 12.0 Å². The lowest BCUT2D eigenvalue weighted by Gasteiger charge is -2.01. The molecule has 1 aromatic carbocycles. The summed E-state index contributed by atoms with van der Waals surface area (Å²) in [5.41, 5.74) is 7.25. The van der Waals surface area contributed by atoms with E-state index in [0.717, 1.165) is 17.7 Å². The van der Waals surface area contributed by atoms with Crippen LogP contribution >= 0.6 is 0 Å². The fraction of sp³-hybridized carbons (Fsp3) is 0.300. The zero-order chi connectivity index (χ0) is 9.68. The number of primary amides is 1. The molecule has 3 nitrogen and oxygen atoms in total. The van der Waals surface area contributed by atoms with Crippen LogP contribution in [0.25, 0.3) is 0 Å². The van der Waals surface area contributed by atoms with Gasteiger partial charge in [-0.25, -0.2) is 0 Å². The van der Waals surface area contributed by atoms with Crippen LogP contribution < -0.4 is 11.1 Å².